The summed E-state index contributed by atoms with van der Waals surface area (Å²) in [4.78, 5) is 0. The first-order valence-electron chi connectivity index (χ1n) is 5.36. The Morgan fingerprint density at radius 2 is 2.07 bits per heavy atom. The molecule has 0 saturated carbocycles. The van der Waals surface area contributed by atoms with Crippen LogP contribution in [0.15, 0.2) is 0 Å². The van der Waals surface area contributed by atoms with E-state index in [1.165, 1.54) is 17.7 Å². The monoisotopic (exact) mass is 195 g/mol. The fourth-order valence-electron chi connectivity index (χ4n) is 1.65. The molecule has 3 nitrogen and oxygen atoms in total. The topological polar surface area (TPSA) is 43.8 Å². The highest BCUT2D eigenvalue weighted by molar-refractivity contribution is 5.43. The van der Waals surface area contributed by atoms with Gasteiger partial charge in [-0.15, -0.1) is 0 Å². The Bertz CT molecular complexity index is 300. The van der Waals surface area contributed by atoms with E-state index in [9.17, 15) is 0 Å². The van der Waals surface area contributed by atoms with Gasteiger partial charge >= 0.3 is 0 Å². The zero-order valence-corrected chi connectivity index (χ0v) is 9.67. The Hall–Kier alpha value is -0.990. The zero-order chi connectivity index (χ0) is 10.7. The van der Waals surface area contributed by atoms with Crippen molar-refractivity contribution in [1.29, 1.82) is 0 Å². The van der Waals surface area contributed by atoms with Gasteiger partial charge in [0.2, 0.25) is 0 Å². The van der Waals surface area contributed by atoms with E-state index in [1.54, 1.807) is 4.68 Å². The van der Waals surface area contributed by atoms with Gasteiger partial charge in [-0.25, -0.2) is 0 Å². The summed E-state index contributed by atoms with van der Waals surface area (Å²) in [7, 11) is 1.91. The van der Waals surface area contributed by atoms with Crippen molar-refractivity contribution >= 4 is 5.82 Å². The van der Waals surface area contributed by atoms with Crippen LogP contribution in [0, 0.1) is 5.92 Å². The Kier molecular flexibility index (Phi) is 3.55. The van der Waals surface area contributed by atoms with Gasteiger partial charge in [-0.3, -0.25) is 4.68 Å². The van der Waals surface area contributed by atoms with Crippen LogP contribution in [0.4, 0.5) is 5.82 Å². The minimum absolute atomic E-state index is 0.725. The Labute approximate surface area is 86.3 Å². The first-order valence-corrected chi connectivity index (χ1v) is 5.36. The van der Waals surface area contributed by atoms with Gasteiger partial charge in [0.1, 0.15) is 5.82 Å². The molecule has 0 unspecified atom stereocenters. The second-order valence-corrected chi connectivity index (χ2v) is 4.22. The maximum atomic E-state index is 5.92. The Morgan fingerprint density at radius 3 is 2.57 bits per heavy atom. The molecule has 0 radical (unpaired) electrons. The quantitative estimate of drug-likeness (QED) is 0.800. The molecule has 0 saturated heterocycles. The number of aryl methyl sites for hydroxylation is 2. The van der Waals surface area contributed by atoms with E-state index in [1.807, 2.05) is 7.05 Å². The minimum Gasteiger partial charge on any atom is -0.384 e. The second kappa shape index (κ2) is 4.49. The van der Waals surface area contributed by atoms with Crippen molar-refractivity contribution in [1.82, 2.24) is 9.78 Å². The molecule has 3 heteroatoms. The summed E-state index contributed by atoms with van der Waals surface area (Å²) in [6.07, 6.45) is 3.21. The predicted molar refractivity (Wildman–Crippen MR) is 60.2 cm³/mol. The van der Waals surface area contributed by atoms with Crippen LogP contribution in [0.2, 0.25) is 0 Å². The molecular formula is C11H21N3. The number of nitrogens with two attached hydrogens (primary N) is 1. The highest BCUT2D eigenvalue weighted by atomic mass is 15.3. The fraction of sp³-hybridized carbons (Fsp3) is 0.727. The van der Waals surface area contributed by atoms with Crippen LogP contribution in [0.1, 0.15) is 38.4 Å². The summed E-state index contributed by atoms with van der Waals surface area (Å²) in [5.74, 6) is 1.55. The van der Waals surface area contributed by atoms with Gasteiger partial charge in [0.05, 0.1) is 5.69 Å². The second-order valence-electron chi connectivity index (χ2n) is 4.22. The number of nitrogen functional groups attached to an aromatic ring is 1. The molecular weight excluding hydrogens is 174 g/mol. The summed E-state index contributed by atoms with van der Waals surface area (Å²) < 4.78 is 1.79. The molecule has 14 heavy (non-hydrogen) atoms. The average Bonchev–Trinajstić information content (AvgIpc) is 2.39. The van der Waals surface area contributed by atoms with E-state index in [0.717, 1.165) is 24.6 Å². The van der Waals surface area contributed by atoms with Crippen molar-refractivity contribution in [2.45, 2.75) is 40.0 Å². The summed E-state index contributed by atoms with van der Waals surface area (Å²) in [5.41, 5.74) is 8.33. The summed E-state index contributed by atoms with van der Waals surface area (Å²) in [6.45, 7) is 6.60. The van der Waals surface area contributed by atoms with Crippen LogP contribution in [0.3, 0.4) is 0 Å². The van der Waals surface area contributed by atoms with Gasteiger partial charge in [-0.2, -0.15) is 5.10 Å². The van der Waals surface area contributed by atoms with Gasteiger partial charge in [-0.05, 0) is 25.2 Å². The van der Waals surface area contributed by atoms with Crippen molar-refractivity contribution in [3.05, 3.63) is 11.3 Å². The van der Waals surface area contributed by atoms with E-state index >= 15 is 0 Å². The average molecular weight is 195 g/mol. The number of hydrogen-bond acceptors (Lipinski definition) is 2. The van der Waals surface area contributed by atoms with Crippen LogP contribution in [0.25, 0.3) is 0 Å². The molecule has 0 bridgehead atoms. The lowest BCUT2D eigenvalue weighted by atomic mass is 10.0. The van der Waals surface area contributed by atoms with Gasteiger partial charge in [0.15, 0.2) is 0 Å². The van der Waals surface area contributed by atoms with Crippen molar-refractivity contribution in [3.63, 3.8) is 0 Å². The largest absolute Gasteiger partial charge is 0.384 e. The molecule has 0 spiro atoms. The maximum Gasteiger partial charge on any atom is 0.124 e. The lowest BCUT2D eigenvalue weighted by Gasteiger charge is -2.03. The fourth-order valence-corrected chi connectivity index (χ4v) is 1.65. The van der Waals surface area contributed by atoms with Crippen molar-refractivity contribution in [2.24, 2.45) is 13.0 Å². The first kappa shape index (κ1) is 11.1. The van der Waals surface area contributed by atoms with E-state index < -0.39 is 0 Å². The predicted octanol–water partition coefficient (Wildman–Crippen LogP) is 2.15. The van der Waals surface area contributed by atoms with E-state index in [0.29, 0.717) is 0 Å². The van der Waals surface area contributed by atoms with Gasteiger partial charge in [0.25, 0.3) is 0 Å². The Balaban J connectivity index is 2.80. The first-order chi connectivity index (χ1) is 6.56. The van der Waals surface area contributed by atoms with Gasteiger partial charge < -0.3 is 5.73 Å². The smallest absolute Gasteiger partial charge is 0.124 e. The maximum absolute atomic E-state index is 5.92. The molecule has 0 aromatic carbocycles. The molecule has 0 aliphatic heterocycles. The lowest BCUT2D eigenvalue weighted by molar-refractivity contribution is 0.575. The molecule has 0 amide bonds. The lowest BCUT2D eigenvalue weighted by Crippen LogP contribution is -1.98. The number of anilines is 1. The molecule has 0 aliphatic rings. The van der Waals surface area contributed by atoms with Crippen LogP contribution < -0.4 is 5.73 Å². The highest BCUT2D eigenvalue weighted by Gasteiger charge is 2.11. The number of nitrogens with zero attached hydrogens (tertiary/aromatic N) is 2. The third-order valence-corrected chi connectivity index (χ3v) is 2.59. The van der Waals surface area contributed by atoms with Crippen molar-refractivity contribution in [3.8, 4) is 0 Å². The molecule has 1 aromatic heterocycles. The van der Waals surface area contributed by atoms with Crippen LogP contribution in [-0.4, -0.2) is 9.78 Å². The SMILES string of the molecule is CCc1c(CCC(C)C)nn(C)c1N. The van der Waals surface area contributed by atoms with Gasteiger partial charge in [0, 0.05) is 12.6 Å². The summed E-state index contributed by atoms with van der Waals surface area (Å²) in [5, 5.41) is 4.44. The normalized spacial score (nSPS) is 11.2. The molecule has 1 rings (SSSR count). The number of hydrogen-bond donors (Lipinski definition) is 1. The van der Waals surface area contributed by atoms with E-state index in [4.69, 9.17) is 5.73 Å². The van der Waals surface area contributed by atoms with Crippen LogP contribution in [0.5, 0.6) is 0 Å². The standard InChI is InChI=1S/C11H21N3/c1-5-9-10(7-6-8(2)3)13-14(4)11(9)12/h8H,5-7,12H2,1-4H3. The van der Waals surface area contributed by atoms with Gasteiger partial charge in [-0.1, -0.05) is 20.8 Å². The highest BCUT2D eigenvalue weighted by Crippen LogP contribution is 2.19. The molecule has 2 N–H and O–H groups in total. The van der Waals surface area contributed by atoms with E-state index in [-0.39, 0.29) is 0 Å². The summed E-state index contributed by atoms with van der Waals surface area (Å²) >= 11 is 0. The van der Waals surface area contributed by atoms with E-state index in [2.05, 4.69) is 25.9 Å². The molecule has 1 aromatic rings. The molecule has 0 aliphatic carbocycles. The van der Waals surface area contributed by atoms with Crippen LogP contribution in [-0.2, 0) is 19.9 Å². The van der Waals surface area contributed by atoms with Crippen LogP contribution >= 0.6 is 0 Å². The van der Waals surface area contributed by atoms with Crippen molar-refractivity contribution < 1.29 is 0 Å². The Morgan fingerprint density at radius 1 is 1.43 bits per heavy atom. The summed E-state index contributed by atoms with van der Waals surface area (Å²) in [6, 6.07) is 0. The molecule has 1 heterocycles. The molecule has 80 valence electrons. The number of aromatic nitrogens is 2. The zero-order valence-electron chi connectivity index (χ0n) is 9.67. The minimum atomic E-state index is 0.725. The third-order valence-electron chi connectivity index (χ3n) is 2.59. The number of rotatable bonds is 4. The molecule has 0 atom stereocenters. The van der Waals surface area contributed by atoms with Crippen molar-refractivity contribution in [2.75, 3.05) is 5.73 Å². The molecule has 0 fully saturated rings. The third kappa shape index (κ3) is 2.28.